The molecule has 0 spiro atoms. The highest BCUT2D eigenvalue weighted by molar-refractivity contribution is 7.80. The summed E-state index contributed by atoms with van der Waals surface area (Å²) in [6.07, 6.45) is 7.74. The van der Waals surface area contributed by atoms with E-state index in [1.54, 1.807) is 6.92 Å². The molecule has 0 aromatic rings. The molecule has 0 aliphatic carbocycles. The molecule has 0 amide bonds. The zero-order valence-corrected chi connectivity index (χ0v) is 11.3. The maximum absolute atomic E-state index is 10.9. The smallest absolute Gasteiger partial charge is 0.306 e. The average Bonchev–Trinajstić information content (AvgIpc) is 2.20. The fraction of sp³-hybridized carbons (Fsp3) is 0.615. The fourth-order valence-corrected chi connectivity index (χ4v) is 1.68. The number of unbranched alkanes of at least 4 members (excludes halogenated alkanes) is 2. The van der Waals surface area contributed by atoms with Gasteiger partial charge >= 0.3 is 5.97 Å². The minimum absolute atomic E-state index is 0.365. The number of carboxylic acids is 1. The number of carbonyl (C=O) groups is 1. The van der Waals surface area contributed by atoms with Crippen molar-refractivity contribution < 1.29 is 9.90 Å². The third-order valence-corrected chi connectivity index (χ3v) is 2.56. The van der Waals surface area contributed by atoms with Crippen LogP contribution in [0.1, 0.15) is 46.0 Å². The number of allylic oxidation sites excluding steroid dienone is 2. The molecule has 0 rings (SSSR count). The van der Waals surface area contributed by atoms with E-state index in [1.807, 2.05) is 19.1 Å². The average molecular weight is 255 g/mol. The van der Waals surface area contributed by atoms with Crippen molar-refractivity contribution in [3.63, 3.8) is 0 Å². The van der Waals surface area contributed by atoms with Crippen LogP contribution in [0.3, 0.4) is 0 Å². The van der Waals surface area contributed by atoms with Crippen molar-refractivity contribution in [1.82, 2.24) is 0 Å². The Morgan fingerprint density at radius 2 is 2.06 bits per heavy atom. The summed E-state index contributed by atoms with van der Waals surface area (Å²) in [6, 6.07) is 0. The van der Waals surface area contributed by atoms with Crippen molar-refractivity contribution in [1.29, 1.82) is 5.41 Å². The Kier molecular flexibility index (Phi) is 8.50. The van der Waals surface area contributed by atoms with Gasteiger partial charge in [0.1, 0.15) is 0 Å². The number of aliphatic carboxylic acids is 1. The molecule has 96 valence electrons. The molecule has 0 aliphatic rings. The van der Waals surface area contributed by atoms with Crippen molar-refractivity contribution in [2.75, 3.05) is 0 Å². The first-order valence-corrected chi connectivity index (χ1v) is 6.28. The Labute approximate surface area is 108 Å². The highest BCUT2D eigenvalue weighted by Gasteiger charge is 2.17. The fourth-order valence-electron chi connectivity index (χ4n) is 1.58. The van der Waals surface area contributed by atoms with E-state index in [1.165, 1.54) is 0 Å². The number of rotatable bonds is 9. The standard InChI is InChI=1S/C13H21NO2S/c1-10(14)9-12(13(15)16)8-6-4-3-5-7-11(2)17/h5,7,12,14H,3-4,6,8-9H2,1-2H3,(H,15,16)/b7-5+,14-10?/t12-/m1/s1. The van der Waals surface area contributed by atoms with Crippen LogP contribution in [0.15, 0.2) is 12.2 Å². The second kappa shape index (κ2) is 9.05. The molecule has 3 nitrogen and oxygen atoms in total. The zero-order chi connectivity index (χ0) is 13.3. The first-order valence-electron chi connectivity index (χ1n) is 5.87. The van der Waals surface area contributed by atoms with Gasteiger partial charge in [-0.15, -0.1) is 0 Å². The van der Waals surface area contributed by atoms with Crippen LogP contribution < -0.4 is 0 Å². The molecule has 0 radical (unpaired) electrons. The Hall–Kier alpha value is -1.03. The lowest BCUT2D eigenvalue weighted by Crippen LogP contribution is -2.16. The maximum Gasteiger partial charge on any atom is 0.306 e. The number of carboxylic acid groups (broad SMARTS) is 1. The van der Waals surface area contributed by atoms with Crippen molar-refractivity contribution in [2.24, 2.45) is 5.92 Å². The molecule has 0 bridgehead atoms. The first-order chi connectivity index (χ1) is 7.93. The van der Waals surface area contributed by atoms with Crippen molar-refractivity contribution >= 4 is 28.8 Å². The van der Waals surface area contributed by atoms with E-state index in [2.05, 4.69) is 0 Å². The summed E-state index contributed by atoms with van der Waals surface area (Å²) in [5.74, 6) is -1.19. The number of hydrogen-bond acceptors (Lipinski definition) is 3. The number of nitrogens with one attached hydrogen (secondary N) is 1. The quantitative estimate of drug-likeness (QED) is 0.286. The van der Waals surface area contributed by atoms with Crippen LogP contribution in [-0.2, 0) is 4.79 Å². The van der Waals surface area contributed by atoms with E-state index in [0.29, 0.717) is 18.6 Å². The van der Waals surface area contributed by atoms with Crippen LogP contribution in [0.2, 0.25) is 0 Å². The van der Waals surface area contributed by atoms with Gasteiger partial charge in [0.2, 0.25) is 0 Å². The van der Waals surface area contributed by atoms with Crippen LogP contribution in [0.5, 0.6) is 0 Å². The molecule has 0 aliphatic heterocycles. The van der Waals surface area contributed by atoms with Gasteiger partial charge in [-0.1, -0.05) is 30.8 Å². The lowest BCUT2D eigenvalue weighted by Gasteiger charge is -2.10. The minimum Gasteiger partial charge on any atom is -0.481 e. The molecular formula is C13H21NO2S. The Balaban J connectivity index is 3.79. The largest absolute Gasteiger partial charge is 0.481 e. The van der Waals surface area contributed by atoms with E-state index in [-0.39, 0.29) is 0 Å². The van der Waals surface area contributed by atoms with E-state index in [9.17, 15) is 4.79 Å². The normalized spacial score (nSPS) is 12.6. The van der Waals surface area contributed by atoms with Crippen molar-refractivity contribution in [3.05, 3.63) is 12.2 Å². The van der Waals surface area contributed by atoms with Gasteiger partial charge < -0.3 is 10.5 Å². The van der Waals surface area contributed by atoms with Gasteiger partial charge in [-0.3, -0.25) is 4.79 Å². The van der Waals surface area contributed by atoms with Crippen molar-refractivity contribution in [2.45, 2.75) is 46.0 Å². The van der Waals surface area contributed by atoms with Crippen LogP contribution in [0, 0.1) is 11.3 Å². The Morgan fingerprint density at radius 1 is 1.41 bits per heavy atom. The van der Waals surface area contributed by atoms with E-state index >= 15 is 0 Å². The SMILES string of the molecule is CC(=N)C[C@@H](CCCC/C=C/C(C)=S)C(=O)O. The summed E-state index contributed by atoms with van der Waals surface area (Å²) >= 11 is 4.91. The first kappa shape index (κ1) is 16.0. The van der Waals surface area contributed by atoms with Gasteiger partial charge in [-0.25, -0.2) is 0 Å². The van der Waals surface area contributed by atoms with Crippen LogP contribution >= 0.6 is 12.2 Å². The Bertz CT molecular complexity index is 311. The maximum atomic E-state index is 10.9. The third kappa shape index (κ3) is 9.87. The van der Waals surface area contributed by atoms with Gasteiger partial charge in [0.25, 0.3) is 0 Å². The molecular weight excluding hydrogens is 234 g/mol. The van der Waals surface area contributed by atoms with Gasteiger partial charge in [-0.05, 0) is 39.5 Å². The summed E-state index contributed by atoms with van der Waals surface area (Å²) in [7, 11) is 0. The number of thiocarbonyl (C=S) groups is 1. The molecule has 17 heavy (non-hydrogen) atoms. The van der Waals surface area contributed by atoms with Crippen LogP contribution in [0.4, 0.5) is 0 Å². The van der Waals surface area contributed by atoms with Crippen LogP contribution in [-0.4, -0.2) is 21.7 Å². The van der Waals surface area contributed by atoms with Crippen molar-refractivity contribution in [3.8, 4) is 0 Å². The van der Waals surface area contributed by atoms with Gasteiger partial charge in [0.05, 0.1) is 5.92 Å². The molecule has 0 unspecified atom stereocenters. The Morgan fingerprint density at radius 3 is 2.53 bits per heavy atom. The lowest BCUT2D eigenvalue weighted by molar-refractivity contribution is -0.141. The predicted octanol–water partition coefficient (Wildman–Crippen LogP) is 3.62. The molecule has 0 saturated carbocycles. The molecule has 0 saturated heterocycles. The van der Waals surface area contributed by atoms with E-state index in [0.717, 1.165) is 24.1 Å². The topological polar surface area (TPSA) is 61.2 Å². The molecule has 0 aromatic carbocycles. The summed E-state index contributed by atoms with van der Waals surface area (Å²) < 4.78 is 0. The van der Waals surface area contributed by atoms with E-state index < -0.39 is 11.9 Å². The highest BCUT2D eigenvalue weighted by Crippen LogP contribution is 2.15. The molecule has 0 heterocycles. The predicted molar refractivity (Wildman–Crippen MR) is 75.0 cm³/mol. The van der Waals surface area contributed by atoms with Crippen LogP contribution in [0.25, 0.3) is 0 Å². The molecule has 0 fully saturated rings. The molecule has 4 heteroatoms. The summed E-state index contributed by atoms with van der Waals surface area (Å²) in [5.41, 5.74) is 0.439. The molecule has 1 atom stereocenters. The van der Waals surface area contributed by atoms with Gasteiger partial charge in [0.15, 0.2) is 0 Å². The highest BCUT2D eigenvalue weighted by atomic mass is 32.1. The summed E-state index contributed by atoms with van der Waals surface area (Å²) in [6.45, 7) is 3.53. The summed E-state index contributed by atoms with van der Waals surface area (Å²) in [5, 5.41) is 16.3. The zero-order valence-electron chi connectivity index (χ0n) is 10.5. The third-order valence-electron chi connectivity index (χ3n) is 2.43. The van der Waals surface area contributed by atoms with Gasteiger partial charge in [0, 0.05) is 10.6 Å². The molecule has 0 aromatic heterocycles. The summed E-state index contributed by atoms with van der Waals surface area (Å²) in [4.78, 5) is 11.8. The van der Waals surface area contributed by atoms with E-state index in [4.69, 9.17) is 22.7 Å². The van der Waals surface area contributed by atoms with Gasteiger partial charge in [-0.2, -0.15) is 0 Å². The number of hydrogen-bond donors (Lipinski definition) is 2. The minimum atomic E-state index is -0.790. The molecule has 2 N–H and O–H groups in total. The second-order valence-electron chi connectivity index (χ2n) is 4.32. The monoisotopic (exact) mass is 255 g/mol. The second-order valence-corrected chi connectivity index (χ2v) is 4.96. The lowest BCUT2D eigenvalue weighted by atomic mass is 9.96.